The maximum absolute atomic E-state index is 12.4. The molecule has 0 aliphatic carbocycles. The molecule has 13 heteroatoms. The van der Waals surface area contributed by atoms with Gasteiger partial charge in [-0.05, 0) is 93.6 Å². The van der Waals surface area contributed by atoms with Crippen molar-refractivity contribution >= 4 is 50.1 Å². The highest BCUT2D eigenvalue weighted by molar-refractivity contribution is 9.11. The van der Waals surface area contributed by atoms with E-state index in [0.29, 0.717) is 41.7 Å². The van der Waals surface area contributed by atoms with Crippen LogP contribution in [0.3, 0.4) is 0 Å². The van der Waals surface area contributed by atoms with Crippen LogP contribution in [0.2, 0.25) is 0 Å². The van der Waals surface area contributed by atoms with E-state index < -0.39 is 24.3 Å². The van der Waals surface area contributed by atoms with Crippen LogP contribution in [0.15, 0.2) is 79.9 Å². The van der Waals surface area contributed by atoms with Gasteiger partial charge in [0.2, 0.25) is 0 Å². The van der Waals surface area contributed by atoms with E-state index in [-0.39, 0.29) is 12.2 Å². The van der Waals surface area contributed by atoms with Crippen LogP contribution in [-0.4, -0.2) is 49.9 Å². The second-order valence-electron chi connectivity index (χ2n) is 10.0. The van der Waals surface area contributed by atoms with Crippen LogP contribution >= 0.6 is 31.9 Å². The summed E-state index contributed by atoms with van der Waals surface area (Å²) in [4.78, 5) is 24.6. The summed E-state index contributed by atoms with van der Waals surface area (Å²) in [6.07, 6.45) is 0.421. The maximum atomic E-state index is 12.4. The van der Waals surface area contributed by atoms with Crippen LogP contribution in [0.25, 0.3) is 0 Å². The molecule has 3 aromatic carbocycles. The maximum Gasteiger partial charge on any atom is 0.337 e. The van der Waals surface area contributed by atoms with Gasteiger partial charge in [0.05, 0.1) is 40.5 Å². The van der Waals surface area contributed by atoms with E-state index in [4.69, 9.17) is 18.9 Å². The summed E-state index contributed by atoms with van der Waals surface area (Å²) in [5.41, 5.74) is 6.90. The molecule has 4 rings (SSSR count). The number of halogens is 2. The minimum absolute atomic E-state index is 0.146. The number of carbonyl (C=O) groups excluding carboxylic acids is 2. The zero-order valence-corrected chi connectivity index (χ0v) is 28.3. The number of benzene rings is 3. The largest absolute Gasteiger partial charge is 0.490 e. The fourth-order valence-corrected chi connectivity index (χ4v) is 5.90. The predicted molar refractivity (Wildman–Crippen MR) is 176 cm³/mol. The van der Waals surface area contributed by atoms with Crippen molar-refractivity contribution in [3.63, 3.8) is 0 Å². The Balaban J connectivity index is 1.37. The van der Waals surface area contributed by atoms with Crippen LogP contribution in [0.1, 0.15) is 42.1 Å². The van der Waals surface area contributed by atoms with Gasteiger partial charge in [0.15, 0.2) is 17.7 Å². The molecule has 45 heavy (non-hydrogen) atoms. The van der Waals surface area contributed by atoms with E-state index >= 15 is 0 Å². The number of aliphatic hydroxyl groups is 1. The molecule has 0 spiro atoms. The van der Waals surface area contributed by atoms with Gasteiger partial charge in [-0.3, -0.25) is 5.43 Å². The van der Waals surface area contributed by atoms with Gasteiger partial charge in [0.25, 0.3) is 0 Å². The number of esters is 1. The molecule has 11 nitrogen and oxygen atoms in total. The van der Waals surface area contributed by atoms with Crippen LogP contribution in [0.5, 0.6) is 17.2 Å². The Hall–Kier alpha value is -4.07. The Morgan fingerprint density at radius 1 is 1.04 bits per heavy atom. The fraction of sp³-hybridized carbons (Fsp3) is 0.281. The number of carbonyl (C=O) groups is 2. The number of urea groups is 1. The number of rotatable bonds is 13. The smallest absolute Gasteiger partial charge is 0.337 e. The monoisotopic (exact) mass is 744 g/mol. The molecule has 1 aliphatic rings. The van der Waals surface area contributed by atoms with Crippen LogP contribution < -0.4 is 30.3 Å². The number of amides is 2. The van der Waals surface area contributed by atoms with Gasteiger partial charge in [-0.1, -0.05) is 35.9 Å². The van der Waals surface area contributed by atoms with E-state index in [1.807, 2.05) is 50.2 Å². The van der Waals surface area contributed by atoms with Crippen molar-refractivity contribution in [2.75, 3.05) is 20.3 Å². The standard InChI is InChI=1S/C32H34Br2N4O7/c1-5-43-26-14-22(29-28(31(40)42-4)19(3)36-32(41)37-29)10-11-25(26)44-17-27(39)38-35-15-21-12-23(33)30(24(34)13-21)45-16-20-8-6-18(2)7-9-20/h6-15,27,29,38-39H,5,16-17H2,1-4H3,(H2,36,37,41)/b35-15-/t27-,29-/m1/s1. The molecular weight excluding hydrogens is 712 g/mol. The van der Waals surface area contributed by atoms with E-state index in [1.54, 1.807) is 31.3 Å². The first-order valence-electron chi connectivity index (χ1n) is 14.0. The highest BCUT2D eigenvalue weighted by Crippen LogP contribution is 2.36. The second kappa shape index (κ2) is 15.8. The van der Waals surface area contributed by atoms with Crippen molar-refractivity contribution in [3.05, 3.63) is 97.1 Å². The van der Waals surface area contributed by atoms with Crippen molar-refractivity contribution in [2.24, 2.45) is 5.10 Å². The van der Waals surface area contributed by atoms with Crippen molar-refractivity contribution in [2.45, 2.75) is 39.6 Å². The molecule has 0 aromatic heterocycles. The average molecular weight is 746 g/mol. The molecule has 1 heterocycles. The Morgan fingerprint density at radius 2 is 1.76 bits per heavy atom. The summed E-state index contributed by atoms with van der Waals surface area (Å²) in [7, 11) is 1.28. The van der Waals surface area contributed by atoms with Crippen molar-refractivity contribution < 1.29 is 33.6 Å². The second-order valence-corrected chi connectivity index (χ2v) is 11.7. The first-order chi connectivity index (χ1) is 21.6. The summed E-state index contributed by atoms with van der Waals surface area (Å²) in [6, 6.07) is 15.7. The Labute approximate surface area is 278 Å². The van der Waals surface area contributed by atoms with Gasteiger partial charge in [-0.2, -0.15) is 5.10 Å². The molecule has 3 aromatic rings. The van der Waals surface area contributed by atoms with Crippen molar-refractivity contribution in [1.29, 1.82) is 0 Å². The number of allylic oxidation sites excluding steroid dienone is 1. The predicted octanol–water partition coefficient (Wildman–Crippen LogP) is 5.62. The summed E-state index contributed by atoms with van der Waals surface area (Å²) >= 11 is 7.11. The summed E-state index contributed by atoms with van der Waals surface area (Å²) in [6.45, 7) is 6.10. The Bertz CT molecular complexity index is 1570. The normalized spacial score (nSPS) is 15.3. The zero-order chi connectivity index (χ0) is 32.5. The molecule has 0 saturated carbocycles. The van der Waals surface area contributed by atoms with E-state index in [9.17, 15) is 14.7 Å². The number of hydrazone groups is 1. The minimum atomic E-state index is -1.14. The highest BCUT2D eigenvalue weighted by atomic mass is 79.9. The van der Waals surface area contributed by atoms with Crippen molar-refractivity contribution in [1.82, 2.24) is 16.1 Å². The molecule has 0 fully saturated rings. The van der Waals surface area contributed by atoms with Gasteiger partial charge < -0.3 is 34.7 Å². The van der Waals surface area contributed by atoms with Gasteiger partial charge in [-0.15, -0.1) is 0 Å². The average Bonchev–Trinajstić information content (AvgIpc) is 3.00. The number of methoxy groups -OCH3 is 1. The lowest BCUT2D eigenvalue weighted by atomic mass is 9.95. The summed E-state index contributed by atoms with van der Waals surface area (Å²) in [5, 5.41) is 19.9. The summed E-state index contributed by atoms with van der Waals surface area (Å²) < 4.78 is 24.0. The van der Waals surface area contributed by atoms with Crippen LogP contribution in [0, 0.1) is 6.92 Å². The van der Waals surface area contributed by atoms with Crippen LogP contribution in [-0.2, 0) is 16.1 Å². The lowest BCUT2D eigenvalue weighted by molar-refractivity contribution is -0.136. The highest BCUT2D eigenvalue weighted by Gasteiger charge is 2.32. The number of nitrogens with one attached hydrogen (secondary N) is 3. The minimum Gasteiger partial charge on any atom is -0.490 e. The molecule has 2 atom stereocenters. The Kier molecular flexibility index (Phi) is 11.9. The molecule has 1 aliphatic heterocycles. The van der Waals surface area contributed by atoms with Gasteiger partial charge in [0.1, 0.15) is 19.0 Å². The number of aliphatic hydroxyl groups excluding tert-OH is 1. The number of nitrogens with zero attached hydrogens (tertiary/aromatic N) is 1. The van der Waals surface area contributed by atoms with Gasteiger partial charge >= 0.3 is 12.0 Å². The topological polar surface area (TPSA) is 140 Å². The first kappa shape index (κ1) is 33.8. The molecule has 238 valence electrons. The van der Waals surface area contributed by atoms with E-state index in [2.05, 4.69) is 53.0 Å². The summed E-state index contributed by atoms with van der Waals surface area (Å²) in [5.74, 6) is 0.834. The molecular formula is C32H34Br2N4O7. The van der Waals surface area contributed by atoms with Gasteiger partial charge in [0, 0.05) is 5.70 Å². The third kappa shape index (κ3) is 8.99. The zero-order valence-electron chi connectivity index (χ0n) is 25.1. The first-order valence-corrected chi connectivity index (χ1v) is 15.6. The molecule has 0 unspecified atom stereocenters. The fourth-order valence-electron chi connectivity index (χ4n) is 4.45. The Morgan fingerprint density at radius 3 is 2.42 bits per heavy atom. The van der Waals surface area contributed by atoms with E-state index in [1.165, 1.54) is 12.7 Å². The number of hydrogen-bond acceptors (Lipinski definition) is 9. The van der Waals surface area contributed by atoms with Crippen LogP contribution in [0.4, 0.5) is 4.79 Å². The third-order valence-electron chi connectivity index (χ3n) is 6.63. The SMILES string of the molecule is CCOc1cc([C@H]2NC(=O)NC(C)=C2C(=O)OC)ccc1OC[C@@H](O)N/N=C\c1cc(Br)c(OCc2ccc(C)cc2)c(Br)c1. The number of hydrogen-bond donors (Lipinski definition) is 4. The molecule has 4 N–H and O–H groups in total. The lowest BCUT2D eigenvalue weighted by Crippen LogP contribution is -2.45. The molecule has 0 bridgehead atoms. The van der Waals surface area contributed by atoms with E-state index in [0.717, 1.165) is 20.1 Å². The molecule has 0 radical (unpaired) electrons. The third-order valence-corrected chi connectivity index (χ3v) is 7.81. The number of aryl methyl sites for hydroxylation is 1. The quantitative estimate of drug-likeness (QED) is 0.0766. The van der Waals surface area contributed by atoms with Gasteiger partial charge in [-0.25, -0.2) is 9.59 Å². The lowest BCUT2D eigenvalue weighted by Gasteiger charge is -2.28. The van der Waals surface area contributed by atoms with Crippen molar-refractivity contribution in [3.8, 4) is 17.2 Å². The molecule has 0 saturated heterocycles. The number of ether oxygens (including phenoxy) is 4. The molecule has 2 amide bonds.